The highest BCUT2D eigenvalue weighted by Crippen LogP contribution is 2.25. The van der Waals surface area contributed by atoms with Gasteiger partial charge in [-0.15, -0.1) is 0 Å². The zero-order valence-corrected chi connectivity index (χ0v) is 11.1. The number of hydrogen-bond acceptors (Lipinski definition) is 4. The number of rotatable bonds is 4. The number of benzene rings is 1. The molecule has 2 aromatic rings. The number of ketones is 1. The fourth-order valence-corrected chi connectivity index (χ4v) is 1.84. The Kier molecular flexibility index (Phi) is 3.79. The highest BCUT2D eigenvalue weighted by Gasteiger charge is 2.14. The summed E-state index contributed by atoms with van der Waals surface area (Å²) >= 11 is 0. The normalized spacial score (nSPS) is 10.1. The Bertz CT molecular complexity index is 679. The van der Waals surface area contributed by atoms with E-state index in [2.05, 4.69) is 4.98 Å². The number of carboxylic acid groups (broad SMARTS) is 1. The maximum Gasteiger partial charge on any atom is 0.341 e. The van der Waals surface area contributed by atoms with Gasteiger partial charge in [0.1, 0.15) is 5.56 Å². The molecule has 0 amide bonds. The summed E-state index contributed by atoms with van der Waals surface area (Å²) in [7, 11) is 1.37. The molecule has 0 atom stereocenters. The Morgan fingerprint density at radius 1 is 1.20 bits per heavy atom. The van der Waals surface area contributed by atoms with Gasteiger partial charge in [-0.25, -0.2) is 9.78 Å². The van der Waals surface area contributed by atoms with E-state index in [1.807, 2.05) is 0 Å². The fraction of sp³-hybridized carbons (Fsp3) is 0.133. The van der Waals surface area contributed by atoms with Crippen molar-refractivity contribution in [2.24, 2.45) is 0 Å². The van der Waals surface area contributed by atoms with Gasteiger partial charge in [0.15, 0.2) is 5.78 Å². The van der Waals surface area contributed by atoms with Crippen LogP contribution < -0.4 is 4.74 Å². The number of ether oxygens (including phenoxy) is 1. The summed E-state index contributed by atoms with van der Waals surface area (Å²) in [6, 6.07) is 8.43. The van der Waals surface area contributed by atoms with E-state index >= 15 is 0 Å². The van der Waals surface area contributed by atoms with E-state index < -0.39 is 5.97 Å². The number of Topliss-reactive ketones (excluding diaryl/α,β-unsaturated/α-hetero) is 1. The Morgan fingerprint density at radius 2 is 1.95 bits per heavy atom. The van der Waals surface area contributed by atoms with Crippen molar-refractivity contribution in [2.75, 3.05) is 7.11 Å². The average molecular weight is 271 g/mol. The van der Waals surface area contributed by atoms with Gasteiger partial charge in [0.05, 0.1) is 7.11 Å². The van der Waals surface area contributed by atoms with Crippen LogP contribution >= 0.6 is 0 Å². The minimum absolute atomic E-state index is 0.0155. The van der Waals surface area contributed by atoms with Gasteiger partial charge in [-0.3, -0.25) is 4.79 Å². The standard InChI is InChI=1S/C15H13NO4/c1-9(17)10-4-3-5-11(6-10)12-7-13(15(18)19)14(20-2)16-8-12/h3-8H,1-2H3,(H,18,19). The van der Waals surface area contributed by atoms with E-state index in [1.165, 1.54) is 26.3 Å². The third kappa shape index (κ3) is 2.66. The minimum Gasteiger partial charge on any atom is -0.480 e. The Morgan fingerprint density at radius 3 is 2.55 bits per heavy atom. The first kappa shape index (κ1) is 13.7. The zero-order valence-electron chi connectivity index (χ0n) is 11.1. The van der Waals surface area contributed by atoms with Crippen LogP contribution in [0.25, 0.3) is 11.1 Å². The van der Waals surface area contributed by atoms with Crippen molar-refractivity contribution in [2.45, 2.75) is 6.92 Å². The van der Waals surface area contributed by atoms with Gasteiger partial charge < -0.3 is 9.84 Å². The molecular weight excluding hydrogens is 258 g/mol. The molecule has 5 heteroatoms. The fourth-order valence-electron chi connectivity index (χ4n) is 1.84. The van der Waals surface area contributed by atoms with Crippen LogP contribution in [0.1, 0.15) is 27.6 Å². The van der Waals surface area contributed by atoms with Crippen molar-refractivity contribution in [3.63, 3.8) is 0 Å². The average Bonchev–Trinajstić information content (AvgIpc) is 2.46. The van der Waals surface area contributed by atoms with Crippen molar-refractivity contribution in [1.29, 1.82) is 0 Å². The summed E-state index contributed by atoms with van der Waals surface area (Å²) in [6.07, 6.45) is 1.52. The highest BCUT2D eigenvalue weighted by molar-refractivity contribution is 5.96. The molecule has 0 bridgehead atoms. The Balaban J connectivity index is 2.53. The molecule has 0 saturated carbocycles. The summed E-state index contributed by atoms with van der Waals surface area (Å²) in [5.41, 5.74) is 1.90. The predicted octanol–water partition coefficient (Wildman–Crippen LogP) is 2.66. The molecule has 0 unspecified atom stereocenters. The van der Waals surface area contributed by atoms with Crippen LogP contribution in [0, 0.1) is 0 Å². The molecule has 102 valence electrons. The van der Waals surface area contributed by atoms with Crippen LogP contribution in [0.5, 0.6) is 5.88 Å². The number of carbonyl (C=O) groups is 2. The lowest BCUT2D eigenvalue weighted by molar-refractivity contribution is 0.0692. The molecule has 0 spiro atoms. The quantitative estimate of drug-likeness (QED) is 0.865. The van der Waals surface area contributed by atoms with E-state index in [-0.39, 0.29) is 17.2 Å². The molecule has 0 aliphatic carbocycles. The number of aromatic carboxylic acids is 1. The number of methoxy groups -OCH3 is 1. The molecular formula is C15H13NO4. The van der Waals surface area contributed by atoms with Crippen LogP contribution in [0.4, 0.5) is 0 Å². The van der Waals surface area contributed by atoms with Crippen molar-refractivity contribution in [3.8, 4) is 17.0 Å². The Labute approximate surface area is 115 Å². The first-order valence-electron chi connectivity index (χ1n) is 5.91. The second-order valence-electron chi connectivity index (χ2n) is 4.22. The molecule has 1 aromatic heterocycles. The van der Waals surface area contributed by atoms with Crippen LogP contribution in [-0.4, -0.2) is 29.0 Å². The third-order valence-electron chi connectivity index (χ3n) is 2.88. The molecule has 0 aliphatic heterocycles. The predicted molar refractivity (Wildman–Crippen MR) is 73.2 cm³/mol. The number of nitrogens with zero attached hydrogens (tertiary/aromatic N) is 1. The molecule has 0 saturated heterocycles. The van der Waals surface area contributed by atoms with E-state index in [9.17, 15) is 9.59 Å². The van der Waals surface area contributed by atoms with E-state index in [0.29, 0.717) is 11.1 Å². The van der Waals surface area contributed by atoms with Crippen molar-refractivity contribution in [3.05, 3.63) is 47.7 Å². The molecule has 1 N–H and O–H groups in total. The monoisotopic (exact) mass is 271 g/mol. The summed E-state index contributed by atoms with van der Waals surface area (Å²) in [5.74, 6) is -1.10. The van der Waals surface area contributed by atoms with Gasteiger partial charge >= 0.3 is 5.97 Å². The van der Waals surface area contributed by atoms with Crippen molar-refractivity contribution in [1.82, 2.24) is 4.98 Å². The molecule has 0 radical (unpaired) electrons. The first-order chi connectivity index (χ1) is 9.52. The lowest BCUT2D eigenvalue weighted by Gasteiger charge is -2.07. The molecule has 2 rings (SSSR count). The summed E-state index contributed by atoms with van der Waals surface area (Å²) < 4.78 is 4.91. The van der Waals surface area contributed by atoms with Gasteiger partial charge in [0.25, 0.3) is 0 Å². The molecule has 20 heavy (non-hydrogen) atoms. The molecule has 1 heterocycles. The van der Waals surface area contributed by atoms with E-state index in [4.69, 9.17) is 9.84 Å². The first-order valence-corrected chi connectivity index (χ1v) is 5.91. The molecule has 1 aromatic carbocycles. The maximum absolute atomic E-state index is 11.4. The van der Waals surface area contributed by atoms with E-state index in [0.717, 1.165) is 5.56 Å². The van der Waals surface area contributed by atoms with Gasteiger partial charge in [-0.05, 0) is 24.6 Å². The Hall–Kier alpha value is -2.69. The van der Waals surface area contributed by atoms with Gasteiger partial charge in [0, 0.05) is 17.3 Å². The van der Waals surface area contributed by atoms with Crippen LogP contribution in [0.2, 0.25) is 0 Å². The van der Waals surface area contributed by atoms with Gasteiger partial charge in [0.2, 0.25) is 5.88 Å². The second-order valence-corrected chi connectivity index (χ2v) is 4.22. The minimum atomic E-state index is -1.11. The number of carboxylic acids is 1. The van der Waals surface area contributed by atoms with Crippen LogP contribution in [-0.2, 0) is 0 Å². The van der Waals surface area contributed by atoms with Gasteiger partial charge in [-0.2, -0.15) is 0 Å². The van der Waals surface area contributed by atoms with E-state index in [1.54, 1.807) is 24.3 Å². The highest BCUT2D eigenvalue weighted by atomic mass is 16.5. The number of pyridine rings is 1. The largest absolute Gasteiger partial charge is 0.480 e. The third-order valence-corrected chi connectivity index (χ3v) is 2.88. The number of aromatic nitrogens is 1. The van der Waals surface area contributed by atoms with Crippen LogP contribution in [0.3, 0.4) is 0 Å². The zero-order chi connectivity index (χ0) is 14.7. The smallest absolute Gasteiger partial charge is 0.341 e. The maximum atomic E-state index is 11.4. The summed E-state index contributed by atoms with van der Waals surface area (Å²) in [6.45, 7) is 1.48. The van der Waals surface area contributed by atoms with Crippen molar-refractivity contribution < 1.29 is 19.4 Å². The molecule has 0 aliphatic rings. The summed E-state index contributed by atoms with van der Waals surface area (Å²) in [5, 5.41) is 9.14. The second kappa shape index (κ2) is 5.52. The SMILES string of the molecule is COc1ncc(-c2cccc(C(C)=O)c2)cc1C(=O)O. The van der Waals surface area contributed by atoms with Crippen molar-refractivity contribution >= 4 is 11.8 Å². The molecule has 0 fully saturated rings. The number of hydrogen-bond donors (Lipinski definition) is 1. The lowest BCUT2D eigenvalue weighted by Crippen LogP contribution is -2.03. The lowest BCUT2D eigenvalue weighted by atomic mass is 10.0. The molecule has 5 nitrogen and oxygen atoms in total. The van der Waals surface area contributed by atoms with Crippen LogP contribution in [0.15, 0.2) is 36.5 Å². The summed E-state index contributed by atoms with van der Waals surface area (Å²) in [4.78, 5) is 26.5. The number of carbonyl (C=O) groups excluding carboxylic acids is 1. The topological polar surface area (TPSA) is 76.5 Å². The van der Waals surface area contributed by atoms with Gasteiger partial charge in [-0.1, -0.05) is 18.2 Å².